The Morgan fingerprint density at radius 2 is 1.59 bits per heavy atom. The van der Waals surface area contributed by atoms with Crippen LogP contribution in [0.2, 0.25) is 5.02 Å². The Kier molecular flexibility index (Phi) is 9.54. The minimum atomic E-state index is -0.254. The molecular formula is C27H33ClN2O2. The van der Waals surface area contributed by atoms with Crippen molar-refractivity contribution in [3.8, 4) is 0 Å². The smallest absolute Gasteiger partial charge is 0.333 e. The average Bonchev–Trinajstić information content (AvgIpc) is 2.81. The molecule has 4 nitrogen and oxygen atoms in total. The number of esters is 1. The normalized spacial score (nSPS) is 15.9. The van der Waals surface area contributed by atoms with Gasteiger partial charge in [-0.25, -0.2) is 4.79 Å². The topological polar surface area (TPSA) is 32.8 Å². The molecule has 1 saturated heterocycles. The molecule has 0 unspecified atom stereocenters. The van der Waals surface area contributed by atoms with Crippen LogP contribution in [0.15, 0.2) is 60.2 Å². The molecule has 5 heteroatoms. The Bertz CT molecular complexity index is 912. The number of hydrogen-bond acceptors (Lipinski definition) is 4. The first kappa shape index (κ1) is 24.2. The lowest BCUT2D eigenvalue weighted by molar-refractivity contribution is -0.138. The first-order chi connectivity index (χ1) is 15.5. The summed E-state index contributed by atoms with van der Waals surface area (Å²) in [6.45, 7) is 10.5. The number of carbonyl (C=O) groups is 1. The number of hydrogen-bond donors (Lipinski definition) is 0. The Morgan fingerprint density at radius 1 is 0.969 bits per heavy atom. The Hall–Kier alpha value is -2.40. The van der Waals surface area contributed by atoms with Crippen LogP contribution < -0.4 is 0 Å². The molecule has 0 N–H and O–H groups in total. The molecule has 1 heterocycles. The summed E-state index contributed by atoms with van der Waals surface area (Å²) in [4.78, 5) is 16.8. The number of nitrogens with zero attached hydrogens (tertiary/aromatic N) is 2. The van der Waals surface area contributed by atoms with E-state index < -0.39 is 0 Å². The summed E-state index contributed by atoms with van der Waals surface area (Å²) in [5, 5.41) is 0.773. The quantitative estimate of drug-likeness (QED) is 0.387. The largest absolute Gasteiger partial charge is 0.463 e. The predicted molar refractivity (Wildman–Crippen MR) is 134 cm³/mol. The lowest BCUT2D eigenvalue weighted by atomic mass is 10.1. The van der Waals surface area contributed by atoms with E-state index in [9.17, 15) is 4.79 Å². The van der Waals surface area contributed by atoms with Crippen molar-refractivity contribution < 1.29 is 9.53 Å². The standard InChI is InChI=1S/C27H33ClN2O2/c1-3-32-27(31)22(2)21-25-8-6-24(7-9-25)14-16-30-19-17-29(18-20-30)15-4-5-23-10-12-26(28)13-11-23/h4-13,21H,3,14-20H2,1-2H3/b5-4+,22-21+. The van der Waals surface area contributed by atoms with Gasteiger partial charge < -0.3 is 9.64 Å². The molecule has 0 amide bonds. The van der Waals surface area contributed by atoms with Crippen molar-refractivity contribution in [2.24, 2.45) is 0 Å². The first-order valence-electron chi connectivity index (χ1n) is 11.3. The van der Waals surface area contributed by atoms with Gasteiger partial charge in [0.25, 0.3) is 0 Å². The maximum atomic E-state index is 11.7. The molecule has 0 aliphatic carbocycles. The van der Waals surface area contributed by atoms with Crippen LogP contribution in [0.5, 0.6) is 0 Å². The molecule has 170 valence electrons. The van der Waals surface area contributed by atoms with Gasteiger partial charge in [-0.2, -0.15) is 0 Å². The highest BCUT2D eigenvalue weighted by molar-refractivity contribution is 6.30. The fourth-order valence-electron chi connectivity index (χ4n) is 3.73. The molecule has 32 heavy (non-hydrogen) atoms. The van der Waals surface area contributed by atoms with Crippen molar-refractivity contribution in [3.05, 3.63) is 81.9 Å². The molecule has 0 radical (unpaired) electrons. The van der Waals surface area contributed by atoms with E-state index in [-0.39, 0.29) is 5.97 Å². The van der Waals surface area contributed by atoms with E-state index in [2.05, 4.69) is 46.2 Å². The second-order valence-corrected chi connectivity index (χ2v) is 8.57. The highest BCUT2D eigenvalue weighted by Gasteiger charge is 2.15. The second-order valence-electron chi connectivity index (χ2n) is 8.14. The van der Waals surface area contributed by atoms with Crippen LogP contribution in [-0.2, 0) is 16.0 Å². The fraction of sp³-hybridized carbons (Fsp3) is 0.370. The van der Waals surface area contributed by atoms with Gasteiger partial charge >= 0.3 is 5.97 Å². The van der Waals surface area contributed by atoms with Gasteiger partial charge in [0.1, 0.15) is 0 Å². The van der Waals surface area contributed by atoms with Crippen molar-refractivity contribution in [2.75, 3.05) is 45.9 Å². The maximum Gasteiger partial charge on any atom is 0.333 e. The third kappa shape index (κ3) is 7.94. The van der Waals surface area contributed by atoms with Crippen LogP contribution in [0, 0.1) is 0 Å². The van der Waals surface area contributed by atoms with E-state index >= 15 is 0 Å². The van der Waals surface area contributed by atoms with Crippen molar-refractivity contribution in [1.82, 2.24) is 9.80 Å². The number of carbonyl (C=O) groups excluding carboxylic acids is 1. The Balaban J connectivity index is 1.38. The van der Waals surface area contributed by atoms with Gasteiger partial charge in [0.15, 0.2) is 0 Å². The van der Waals surface area contributed by atoms with Crippen LogP contribution >= 0.6 is 11.6 Å². The summed E-state index contributed by atoms with van der Waals surface area (Å²) in [7, 11) is 0. The Labute approximate surface area is 197 Å². The van der Waals surface area contributed by atoms with E-state index in [1.807, 2.05) is 37.3 Å². The predicted octanol–water partition coefficient (Wildman–Crippen LogP) is 5.18. The van der Waals surface area contributed by atoms with Gasteiger partial charge in [0, 0.05) is 49.9 Å². The number of ether oxygens (including phenoxy) is 1. The van der Waals surface area contributed by atoms with Crippen LogP contribution in [-0.4, -0.2) is 61.6 Å². The van der Waals surface area contributed by atoms with E-state index in [4.69, 9.17) is 16.3 Å². The lowest BCUT2D eigenvalue weighted by Gasteiger charge is -2.34. The van der Waals surface area contributed by atoms with Gasteiger partial charge in [-0.05, 0) is 55.2 Å². The molecule has 0 aromatic heterocycles. The molecule has 1 aliphatic heterocycles. The molecule has 2 aromatic carbocycles. The highest BCUT2D eigenvalue weighted by Crippen LogP contribution is 2.13. The number of piperazine rings is 1. The van der Waals surface area contributed by atoms with E-state index in [0.29, 0.717) is 12.2 Å². The van der Waals surface area contributed by atoms with Gasteiger partial charge in [-0.15, -0.1) is 0 Å². The Morgan fingerprint density at radius 3 is 2.25 bits per heavy atom. The van der Waals surface area contributed by atoms with Crippen LogP contribution in [0.25, 0.3) is 12.2 Å². The van der Waals surface area contributed by atoms with Crippen molar-refractivity contribution in [1.29, 1.82) is 0 Å². The van der Waals surface area contributed by atoms with Gasteiger partial charge in [0.05, 0.1) is 6.61 Å². The highest BCUT2D eigenvalue weighted by atomic mass is 35.5. The minimum absolute atomic E-state index is 0.254. The van der Waals surface area contributed by atoms with Gasteiger partial charge in [0.2, 0.25) is 0 Å². The van der Waals surface area contributed by atoms with E-state index in [0.717, 1.165) is 56.3 Å². The summed E-state index contributed by atoms with van der Waals surface area (Å²) in [6.07, 6.45) is 7.31. The summed E-state index contributed by atoms with van der Waals surface area (Å²) >= 11 is 5.94. The molecule has 0 saturated carbocycles. The zero-order valence-corrected chi connectivity index (χ0v) is 19.9. The maximum absolute atomic E-state index is 11.7. The summed E-state index contributed by atoms with van der Waals surface area (Å²) < 4.78 is 5.03. The van der Waals surface area contributed by atoms with E-state index in [1.54, 1.807) is 6.92 Å². The molecule has 2 aromatic rings. The second kappa shape index (κ2) is 12.6. The fourth-order valence-corrected chi connectivity index (χ4v) is 3.85. The third-order valence-electron chi connectivity index (χ3n) is 5.69. The van der Waals surface area contributed by atoms with Crippen molar-refractivity contribution >= 4 is 29.7 Å². The summed E-state index contributed by atoms with van der Waals surface area (Å²) in [5.74, 6) is -0.254. The lowest BCUT2D eigenvalue weighted by Crippen LogP contribution is -2.46. The van der Waals surface area contributed by atoms with Crippen LogP contribution in [0.3, 0.4) is 0 Å². The first-order valence-corrected chi connectivity index (χ1v) is 11.7. The minimum Gasteiger partial charge on any atom is -0.463 e. The zero-order valence-electron chi connectivity index (χ0n) is 19.1. The zero-order chi connectivity index (χ0) is 22.8. The molecule has 1 fully saturated rings. The molecular weight excluding hydrogens is 420 g/mol. The molecule has 0 spiro atoms. The average molecular weight is 453 g/mol. The molecule has 1 aliphatic rings. The van der Waals surface area contributed by atoms with Crippen molar-refractivity contribution in [3.63, 3.8) is 0 Å². The van der Waals surface area contributed by atoms with E-state index in [1.165, 1.54) is 11.1 Å². The summed E-state index contributed by atoms with van der Waals surface area (Å²) in [5.41, 5.74) is 4.16. The van der Waals surface area contributed by atoms with Crippen LogP contribution in [0.1, 0.15) is 30.5 Å². The molecule has 3 rings (SSSR count). The number of halogens is 1. The molecule has 0 atom stereocenters. The summed E-state index contributed by atoms with van der Waals surface area (Å²) in [6, 6.07) is 16.4. The molecule has 0 bridgehead atoms. The number of rotatable bonds is 9. The van der Waals surface area contributed by atoms with Gasteiger partial charge in [-0.3, -0.25) is 4.90 Å². The van der Waals surface area contributed by atoms with Crippen molar-refractivity contribution in [2.45, 2.75) is 20.3 Å². The number of benzene rings is 2. The SMILES string of the molecule is CCOC(=O)/C(C)=C/c1ccc(CCN2CCN(C/C=C/c3ccc(Cl)cc3)CC2)cc1. The third-order valence-corrected chi connectivity index (χ3v) is 5.94. The van der Waals surface area contributed by atoms with Crippen LogP contribution in [0.4, 0.5) is 0 Å². The van der Waals surface area contributed by atoms with Gasteiger partial charge in [-0.1, -0.05) is 60.2 Å². The monoisotopic (exact) mass is 452 g/mol.